The number of nitrogens with zero attached hydrogens (tertiary/aromatic N) is 2. The van der Waals surface area contributed by atoms with E-state index in [-0.39, 0.29) is 4.90 Å². The lowest BCUT2D eigenvalue weighted by atomic mass is 9.97. The first-order chi connectivity index (χ1) is 10.5. The summed E-state index contributed by atoms with van der Waals surface area (Å²) in [5, 5.41) is 8.86. The smallest absolute Gasteiger partial charge is 0.240 e. The molecule has 0 aromatic heterocycles. The molecule has 1 fully saturated rings. The van der Waals surface area contributed by atoms with Gasteiger partial charge in [0, 0.05) is 6.54 Å². The monoisotopic (exact) mass is 321 g/mol. The molecule has 6 heteroatoms. The average molecular weight is 321 g/mol. The van der Waals surface area contributed by atoms with Crippen molar-refractivity contribution >= 4 is 10.0 Å². The van der Waals surface area contributed by atoms with Crippen LogP contribution in [0.25, 0.3) is 0 Å². The fourth-order valence-corrected chi connectivity index (χ4v) is 3.94. The normalized spacial score (nSPS) is 17.3. The van der Waals surface area contributed by atoms with Crippen LogP contribution >= 0.6 is 0 Å². The van der Waals surface area contributed by atoms with Crippen molar-refractivity contribution in [3.63, 3.8) is 0 Å². The largest absolute Gasteiger partial charge is 0.303 e. The summed E-state index contributed by atoms with van der Waals surface area (Å²) in [7, 11) is -3.53. The highest BCUT2D eigenvalue weighted by Gasteiger charge is 2.21. The molecule has 0 bridgehead atoms. The summed E-state index contributed by atoms with van der Waals surface area (Å²) in [5.74, 6) is 0.391. The van der Waals surface area contributed by atoms with E-state index in [1.807, 2.05) is 6.07 Å². The van der Waals surface area contributed by atoms with Crippen LogP contribution in [0.2, 0.25) is 0 Å². The summed E-state index contributed by atoms with van der Waals surface area (Å²) in [6, 6.07) is 8.09. The Balaban J connectivity index is 1.89. The Morgan fingerprint density at radius 2 is 2.09 bits per heavy atom. The van der Waals surface area contributed by atoms with Gasteiger partial charge in [0.2, 0.25) is 10.0 Å². The number of hydrogen-bond acceptors (Lipinski definition) is 4. The third-order valence-electron chi connectivity index (χ3n) is 4.08. The first-order valence-electron chi connectivity index (χ1n) is 7.77. The van der Waals surface area contributed by atoms with E-state index < -0.39 is 10.0 Å². The van der Waals surface area contributed by atoms with Gasteiger partial charge in [0.25, 0.3) is 0 Å². The molecule has 22 heavy (non-hydrogen) atoms. The third-order valence-corrected chi connectivity index (χ3v) is 5.50. The number of rotatable bonds is 6. The van der Waals surface area contributed by atoms with Crippen LogP contribution in [-0.2, 0) is 10.0 Å². The minimum atomic E-state index is -3.53. The topological polar surface area (TPSA) is 73.2 Å². The van der Waals surface area contributed by atoms with Gasteiger partial charge in [-0.1, -0.05) is 13.0 Å². The number of sulfonamides is 1. The molecule has 1 aromatic carbocycles. The van der Waals surface area contributed by atoms with Crippen LogP contribution in [0.4, 0.5) is 0 Å². The maximum absolute atomic E-state index is 12.3. The predicted octanol–water partition coefficient (Wildman–Crippen LogP) is 1.96. The second-order valence-corrected chi connectivity index (χ2v) is 7.54. The zero-order chi connectivity index (χ0) is 16.0. The molecule has 0 amide bonds. The van der Waals surface area contributed by atoms with Gasteiger partial charge < -0.3 is 4.90 Å². The van der Waals surface area contributed by atoms with Gasteiger partial charge in [-0.25, -0.2) is 13.1 Å². The third kappa shape index (κ3) is 4.54. The Labute approximate surface area is 133 Å². The van der Waals surface area contributed by atoms with Crippen molar-refractivity contribution in [3.8, 4) is 6.07 Å². The molecule has 1 aliphatic rings. The Bertz CT molecular complexity index is 629. The maximum Gasteiger partial charge on any atom is 0.240 e. The van der Waals surface area contributed by atoms with Crippen molar-refractivity contribution in [1.29, 1.82) is 5.26 Å². The van der Waals surface area contributed by atoms with Crippen LogP contribution in [0.1, 0.15) is 31.7 Å². The molecule has 120 valence electrons. The highest BCUT2D eigenvalue weighted by molar-refractivity contribution is 7.89. The molecule has 0 radical (unpaired) electrons. The lowest BCUT2D eigenvalue weighted by Crippen LogP contribution is -2.38. The highest BCUT2D eigenvalue weighted by atomic mass is 32.2. The van der Waals surface area contributed by atoms with E-state index in [0.717, 1.165) is 38.9 Å². The van der Waals surface area contributed by atoms with E-state index in [1.165, 1.54) is 12.1 Å². The molecule has 0 spiro atoms. The van der Waals surface area contributed by atoms with Crippen molar-refractivity contribution in [2.24, 2.45) is 5.92 Å². The standard InChI is InChI=1S/C16H23N3O2S/c1-2-8-19-9-6-14(7-10-19)13-18-22(20,21)16-5-3-4-15(11-16)12-17/h3-5,11,14,18H,2,6-10,13H2,1H3. The molecule has 1 heterocycles. The van der Waals surface area contributed by atoms with E-state index >= 15 is 0 Å². The Morgan fingerprint density at radius 1 is 1.36 bits per heavy atom. The van der Waals surface area contributed by atoms with Crippen molar-refractivity contribution in [1.82, 2.24) is 9.62 Å². The van der Waals surface area contributed by atoms with E-state index in [0.29, 0.717) is 18.0 Å². The number of likely N-dealkylation sites (tertiary alicyclic amines) is 1. The highest BCUT2D eigenvalue weighted by Crippen LogP contribution is 2.18. The molecular formula is C16H23N3O2S. The summed E-state index contributed by atoms with van der Waals surface area (Å²) in [6.45, 7) is 5.86. The van der Waals surface area contributed by atoms with Gasteiger partial charge in [0.1, 0.15) is 0 Å². The minimum absolute atomic E-state index is 0.162. The number of hydrogen-bond donors (Lipinski definition) is 1. The van der Waals surface area contributed by atoms with Crippen molar-refractivity contribution in [3.05, 3.63) is 29.8 Å². The van der Waals surface area contributed by atoms with E-state index in [2.05, 4.69) is 16.5 Å². The van der Waals surface area contributed by atoms with Gasteiger partial charge in [-0.2, -0.15) is 5.26 Å². The van der Waals surface area contributed by atoms with Crippen molar-refractivity contribution in [2.45, 2.75) is 31.1 Å². The quantitative estimate of drug-likeness (QED) is 0.869. The summed E-state index contributed by atoms with van der Waals surface area (Å²) >= 11 is 0. The Kier molecular flexibility index (Phi) is 5.95. The van der Waals surface area contributed by atoms with E-state index in [9.17, 15) is 8.42 Å². The van der Waals surface area contributed by atoms with Crippen molar-refractivity contribution in [2.75, 3.05) is 26.2 Å². The minimum Gasteiger partial charge on any atom is -0.303 e. The van der Waals surface area contributed by atoms with Gasteiger partial charge in [0.05, 0.1) is 16.5 Å². The SMILES string of the molecule is CCCN1CCC(CNS(=O)(=O)c2cccc(C#N)c2)CC1. The summed E-state index contributed by atoms with van der Waals surface area (Å²) in [5.41, 5.74) is 0.357. The summed E-state index contributed by atoms with van der Waals surface area (Å²) in [6.07, 6.45) is 3.22. The van der Waals surface area contributed by atoms with Gasteiger partial charge in [-0.15, -0.1) is 0 Å². The van der Waals surface area contributed by atoms with Crippen LogP contribution in [-0.4, -0.2) is 39.5 Å². The van der Waals surface area contributed by atoms with Crippen LogP contribution in [0, 0.1) is 17.2 Å². The molecule has 2 rings (SSSR count). The first kappa shape index (κ1) is 16.9. The van der Waals surface area contributed by atoms with Crippen molar-refractivity contribution < 1.29 is 8.42 Å². The summed E-state index contributed by atoms with van der Waals surface area (Å²) < 4.78 is 27.2. The Morgan fingerprint density at radius 3 is 2.73 bits per heavy atom. The molecule has 1 aromatic rings. The number of benzene rings is 1. The molecular weight excluding hydrogens is 298 g/mol. The summed E-state index contributed by atoms with van der Waals surface area (Å²) in [4.78, 5) is 2.59. The van der Waals surface area contributed by atoms with Crippen LogP contribution in [0.5, 0.6) is 0 Å². The lowest BCUT2D eigenvalue weighted by Gasteiger charge is -2.31. The fourth-order valence-electron chi connectivity index (χ4n) is 2.77. The number of nitriles is 1. The maximum atomic E-state index is 12.3. The van der Waals surface area contributed by atoms with E-state index in [4.69, 9.17) is 5.26 Å². The molecule has 1 N–H and O–H groups in total. The Hall–Kier alpha value is -1.42. The van der Waals surface area contributed by atoms with Gasteiger partial charge in [-0.05, 0) is 63.0 Å². The second-order valence-electron chi connectivity index (χ2n) is 5.78. The molecule has 0 unspecified atom stereocenters. The van der Waals surface area contributed by atoms with E-state index in [1.54, 1.807) is 12.1 Å². The predicted molar refractivity (Wildman–Crippen MR) is 85.8 cm³/mol. The molecule has 1 saturated heterocycles. The fraction of sp³-hybridized carbons (Fsp3) is 0.562. The number of nitrogens with one attached hydrogen (secondary N) is 1. The zero-order valence-electron chi connectivity index (χ0n) is 13.0. The first-order valence-corrected chi connectivity index (χ1v) is 9.25. The molecule has 0 saturated carbocycles. The van der Waals surface area contributed by atoms with Gasteiger partial charge in [-0.3, -0.25) is 0 Å². The average Bonchev–Trinajstić information content (AvgIpc) is 2.55. The second kappa shape index (κ2) is 7.73. The molecule has 5 nitrogen and oxygen atoms in total. The zero-order valence-corrected chi connectivity index (χ0v) is 13.8. The van der Waals surface area contributed by atoms with Crippen LogP contribution in [0.3, 0.4) is 0 Å². The lowest BCUT2D eigenvalue weighted by molar-refractivity contribution is 0.186. The van der Waals surface area contributed by atoms with Gasteiger partial charge in [0.15, 0.2) is 0 Å². The number of piperidine rings is 1. The molecule has 0 atom stereocenters. The molecule has 0 aliphatic carbocycles. The van der Waals surface area contributed by atoms with Gasteiger partial charge >= 0.3 is 0 Å². The van der Waals surface area contributed by atoms with Crippen LogP contribution < -0.4 is 4.72 Å². The van der Waals surface area contributed by atoms with Crippen LogP contribution in [0.15, 0.2) is 29.2 Å². The molecule has 1 aliphatic heterocycles.